The van der Waals surface area contributed by atoms with Crippen LogP contribution in [0.1, 0.15) is 38.2 Å². The molecule has 2 rings (SSSR count). The average molecular weight is 276 g/mol. The van der Waals surface area contributed by atoms with Crippen molar-refractivity contribution >= 4 is 11.7 Å². The molecule has 110 valence electrons. The summed E-state index contributed by atoms with van der Waals surface area (Å²) in [5.74, 6) is 0.677. The smallest absolute Gasteiger partial charge is 0.319 e. The quantitative estimate of drug-likeness (QED) is 0.794. The fourth-order valence-corrected chi connectivity index (χ4v) is 2.62. The highest BCUT2D eigenvalue weighted by molar-refractivity contribution is 5.89. The van der Waals surface area contributed by atoms with Gasteiger partial charge in [0, 0.05) is 12.2 Å². The summed E-state index contributed by atoms with van der Waals surface area (Å²) in [4.78, 5) is 11.8. The predicted octanol–water partition coefficient (Wildman–Crippen LogP) is 3.06. The lowest BCUT2D eigenvalue weighted by Gasteiger charge is -2.34. The van der Waals surface area contributed by atoms with Crippen molar-refractivity contribution in [2.24, 2.45) is 5.92 Å². The molecule has 2 amide bonds. The zero-order valence-corrected chi connectivity index (χ0v) is 12.3. The van der Waals surface area contributed by atoms with E-state index in [1.165, 1.54) is 0 Å². The Morgan fingerprint density at radius 2 is 2.10 bits per heavy atom. The number of hydrogen-bond acceptors (Lipinski definition) is 2. The largest absolute Gasteiger partial charge is 0.388 e. The second-order valence-corrected chi connectivity index (χ2v) is 6.08. The van der Waals surface area contributed by atoms with E-state index in [0.717, 1.165) is 36.9 Å². The van der Waals surface area contributed by atoms with Crippen molar-refractivity contribution in [3.8, 4) is 0 Å². The third-order valence-corrected chi connectivity index (χ3v) is 4.06. The molecule has 20 heavy (non-hydrogen) atoms. The Kier molecular flexibility index (Phi) is 4.65. The van der Waals surface area contributed by atoms with E-state index in [-0.39, 0.29) is 6.03 Å². The Balaban J connectivity index is 1.80. The molecule has 0 spiro atoms. The first kappa shape index (κ1) is 14.9. The van der Waals surface area contributed by atoms with Crippen molar-refractivity contribution in [2.75, 3.05) is 11.9 Å². The summed E-state index contributed by atoms with van der Waals surface area (Å²) in [6.07, 6.45) is 3.58. The maximum atomic E-state index is 11.8. The van der Waals surface area contributed by atoms with Gasteiger partial charge in [-0.15, -0.1) is 0 Å². The van der Waals surface area contributed by atoms with Gasteiger partial charge in [-0.25, -0.2) is 4.79 Å². The fraction of sp³-hybridized carbons (Fsp3) is 0.562. The summed E-state index contributed by atoms with van der Waals surface area (Å²) >= 11 is 0. The fourth-order valence-electron chi connectivity index (χ4n) is 2.62. The highest BCUT2D eigenvalue weighted by Gasteiger charge is 2.31. The number of hydrogen-bond donors (Lipinski definition) is 3. The highest BCUT2D eigenvalue weighted by atomic mass is 16.3. The lowest BCUT2D eigenvalue weighted by atomic mass is 9.79. The number of carbonyl (C=O) groups is 1. The third-order valence-electron chi connectivity index (χ3n) is 4.06. The van der Waals surface area contributed by atoms with Crippen LogP contribution < -0.4 is 10.6 Å². The number of carbonyl (C=O) groups excluding carboxylic acids is 1. The van der Waals surface area contributed by atoms with Crippen molar-refractivity contribution in [3.05, 3.63) is 29.8 Å². The molecular weight excluding hydrogens is 252 g/mol. The normalized spacial score (nSPS) is 26.1. The molecule has 1 aliphatic rings. The molecule has 0 unspecified atom stereocenters. The molecule has 4 nitrogen and oxygen atoms in total. The molecule has 1 aromatic carbocycles. The van der Waals surface area contributed by atoms with Gasteiger partial charge in [0.25, 0.3) is 0 Å². The number of amides is 2. The standard InChI is InChI=1S/C16H24N2O2/c1-12-6-8-16(20,9-7-12)11-17-15(19)18-14-5-3-4-13(2)10-14/h3-5,10,12,20H,6-9,11H2,1-2H3,(H2,17,18,19). The summed E-state index contributed by atoms with van der Waals surface area (Å²) < 4.78 is 0. The maximum absolute atomic E-state index is 11.8. The molecule has 0 heterocycles. The van der Waals surface area contributed by atoms with Crippen LogP contribution in [0.2, 0.25) is 0 Å². The first-order chi connectivity index (χ1) is 9.47. The minimum absolute atomic E-state index is 0.261. The number of aliphatic hydroxyl groups is 1. The monoisotopic (exact) mass is 276 g/mol. The predicted molar refractivity (Wildman–Crippen MR) is 80.8 cm³/mol. The van der Waals surface area contributed by atoms with Gasteiger partial charge in [0.1, 0.15) is 0 Å². The third kappa shape index (κ3) is 4.23. The molecule has 0 atom stereocenters. The molecule has 1 fully saturated rings. The van der Waals surface area contributed by atoms with Gasteiger partial charge < -0.3 is 15.7 Å². The Labute approximate surface area is 120 Å². The van der Waals surface area contributed by atoms with Gasteiger partial charge in [0.2, 0.25) is 0 Å². The van der Waals surface area contributed by atoms with E-state index in [9.17, 15) is 9.90 Å². The molecule has 0 aromatic heterocycles. The molecule has 0 bridgehead atoms. The minimum atomic E-state index is -0.740. The van der Waals surface area contributed by atoms with Gasteiger partial charge in [0.15, 0.2) is 0 Å². The molecule has 3 N–H and O–H groups in total. The SMILES string of the molecule is Cc1cccc(NC(=O)NCC2(O)CCC(C)CC2)c1. The van der Waals surface area contributed by atoms with E-state index in [0.29, 0.717) is 12.5 Å². The topological polar surface area (TPSA) is 61.4 Å². The van der Waals surface area contributed by atoms with Gasteiger partial charge in [-0.05, 0) is 56.2 Å². The molecule has 0 aliphatic heterocycles. The maximum Gasteiger partial charge on any atom is 0.319 e. The Morgan fingerprint density at radius 1 is 1.40 bits per heavy atom. The van der Waals surface area contributed by atoms with Crippen LogP contribution in [-0.2, 0) is 0 Å². The van der Waals surface area contributed by atoms with Crippen molar-refractivity contribution in [1.29, 1.82) is 0 Å². The number of benzene rings is 1. The Hall–Kier alpha value is -1.55. The summed E-state index contributed by atoms with van der Waals surface area (Å²) in [5, 5.41) is 16.0. The number of nitrogens with one attached hydrogen (secondary N) is 2. The van der Waals surface area contributed by atoms with E-state index in [2.05, 4.69) is 17.6 Å². The molecule has 1 saturated carbocycles. The minimum Gasteiger partial charge on any atom is -0.388 e. The zero-order valence-electron chi connectivity index (χ0n) is 12.3. The second kappa shape index (κ2) is 6.27. The molecular formula is C16H24N2O2. The first-order valence-corrected chi connectivity index (χ1v) is 7.31. The molecule has 1 aliphatic carbocycles. The van der Waals surface area contributed by atoms with E-state index < -0.39 is 5.60 Å². The van der Waals surface area contributed by atoms with Crippen LogP contribution in [0.25, 0.3) is 0 Å². The van der Waals surface area contributed by atoms with Crippen LogP contribution in [0.3, 0.4) is 0 Å². The lowest BCUT2D eigenvalue weighted by Crippen LogP contribution is -2.46. The van der Waals surface area contributed by atoms with Crippen molar-refractivity contribution in [1.82, 2.24) is 5.32 Å². The average Bonchev–Trinajstić information content (AvgIpc) is 2.41. The first-order valence-electron chi connectivity index (χ1n) is 7.31. The van der Waals surface area contributed by atoms with Crippen molar-refractivity contribution in [3.63, 3.8) is 0 Å². The number of aryl methyl sites for hydroxylation is 1. The van der Waals surface area contributed by atoms with E-state index in [4.69, 9.17) is 0 Å². The Bertz CT molecular complexity index is 465. The summed E-state index contributed by atoms with van der Waals surface area (Å²) in [6, 6.07) is 7.39. The highest BCUT2D eigenvalue weighted by Crippen LogP contribution is 2.31. The van der Waals surface area contributed by atoms with Gasteiger partial charge in [-0.2, -0.15) is 0 Å². The molecule has 1 aromatic rings. The summed E-state index contributed by atoms with van der Waals surface area (Å²) in [7, 11) is 0. The van der Waals surface area contributed by atoms with Crippen LogP contribution in [0.5, 0.6) is 0 Å². The van der Waals surface area contributed by atoms with Crippen LogP contribution in [-0.4, -0.2) is 23.3 Å². The lowest BCUT2D eigenvalue weighted by molar-refractivity contribution is -0.00356. The number of urea groups is 1. The van der Waals surface area contributed by atoms with E-state index in [1.54, 1.807) is 0 Å². The van der Waals surface area contributed by atoms with Gasteiger partial charge in [0.05, 0.1) is 5.60 Å². The van der Waals surface area contributed by atoms with Crippen LogP contribution >= 0.6 is 0 Å². The van der Waals surface area contributed by atoms with Gasteiger partial charge in [-0.1, -0.05) is 19.1 Å². The van der Waals surface area contributed by atoms with Crippen LogP contribution in [0.15, 0.2) is 24.3 Å². The molecule has 0 radical (unpaired) electrons. The van der Waals surface area contributed by atoms with Gasteiger partial charge >= 0.3 is 6.03 Å². The van der Waals surface area contributed by atoms with Crippen molar-refractivity contribution in [2.45, 2.75) is 45.1 Å². The Morgan fingerprint density at radius 3 is 2.75 bits per heavy atom. The van der Waals surface area contributed by atoms with E-state index in [1.807, 2.05) is 31.2 Å². The van der Waals surface area contributed by atoms with Gasteiger partial charge in [-0.3, -0.25) is 0 Å². The number of anilines is 1. The van der Waals surface area contributed by atoms with Crippen LogP contribution in [0, 0.1) is 12.8 Å². The number of rotatable bonds is 3. The van der Waals surface area contributed by atoms with Crippen LogP contribution in [0.4, 0.5) is 10.5 Å². The molecule has 0 saturated heterocycles. The molecule has 4 heteroatoms. The van der Waals surface area contributed by atoms with Crippen molar-refractivity contribution < 1.29 is 9.90 Å². The summed E-state index contributed by atoms with van der Waals surface area (Å²) in [6.45, 7) is 4.50. The van der Waals surface area contributed by atoms with E-state index >= 15 is 0 Å². The zero-order chi connectivity index (χ0) is 14.6. The summed E-state index contributed by atoms with van der Waals surface area (Å²) in [5.41, 5.74) is 1.13. The second-order valence-electron chi connectivity index (χ2n) is 6.08.